The molecule has 24 heavy (non-hydrogen) atoms. The molecule has 2 N–H and O–H groups in total. The van der Waals surface area contributed by atoms with Gasteiger partial charge in [0.25, 0.3) is 5.91 Å². The summed E-state index contributed by atoms with van der Waals surface area (Å²) < 4.78 is 0. The first-order chi connectivity index (χ1) is 10.8. The van der Waals surface area contributed by atoms with E-state index in [1.165, 1.54) is 5.69 Å². The predicted octanol–water partition coefficient (Wildman–Crippen LogP) is 3.46. The highest BCUT2D eigenvalue weighted by atomic mass is 35.5. The normalized spacial score (nSPS) is 14.2. The van der Waals surface area contributed by atoms with E-state index in [4.69, 9.17) is 5.73 Å². The summed E-state index contributed by atoms with van der Waals surface area (Å²) in [4.78, 5) is 16.9. The molecule has 1 saturated heterocycles. The van der Waals surface area contributed by atoms with Crippen molar-refractivity contribution in [2.24, 2.45) is 0 Å². The molecule has 0 radical (unpaired) electrons. The fourth-order valence-electron chi connectivity index (χ4n) is 2.88. The highest BCUT2D eigenvalue weighted by Gasteiger charge is 2.21. The van der Waals surface area contributed by atoms with E-state index in [0.717, 1.165) is 32.6 Å². The molecule has 1 aliphatic heterocycles. The molecule has 3 rings (SSSR count). The Bertz CT molecular complexity index is 652. The van der Waals surface area contributed by atoms with Gasteiger partial charge in [-0.15, -0.1) is 24.8 Å². The molecular weight excluding hydrogens is 345 g/mol. The SMILES string of the molecule is Cl.Cl.Nc1ccccc1C(=O)N1CCCN(c2ccccc2)CC1. The number of nitrogens with zero attached hydrogens (tertiary/aromatic N) is 2. The van der Waals surface area contributed by atoms with E-state index in [2.05, 4.69) is 17.0 Å². The van der Waals surface area contributed by atoms with Gasteiger partial charge in [0.05, 0.1) is 5.56 Å². The van der Waals surface area contributed by atoms with Gasteiger partial charge in [0, 0.05) is 37.6 Å². The van der Waals surface area contributed by atoms with Gasteiger partial charge in [-0.2, -0.15) is 0 Å². The standard InChI is InChI=1S/C18H21N3O.2ClH/c19-17-10-5-4-9-16(17)18(22)21-12-6-11-20(13-14-21)15-7-2-1-3-8-15;;/h1-5,7-10H,6,11-14,19H2;2*1H. The molecule has 0 spiro atoms. The van der Waals surface area contributed by atoms with Crippen molar-refractivity contribution in [1.29, 1.82) is 0 Å². The molecule has 0 aromatic heterocycles. The summed E-state index contributed by atoms with van der Waals surface area (Å²) in [6.45, 7) is 3.32. The number of rotatable bonds is 2. The minimum Gasteiger partial charge on any atom is -0.398 e. The van der Waals surface area contributed by atoms with Gasteiger partial charge >= 0.3 is 0 Å². The largest absolute Gasteiger partial charge is 0.398 e. The lowest BCUT2D eigenvalue weighted by Gasteiger charge is -2.24. The van der Waals surface area contributed by atoms with Crippen LogP contribution in [0.3, 0.4) is 0 Å². The van der Waals surface area contributed by atoms with E-state index >= 15 is 0 Å². The Morgan fingerprint density at radius 3 is 2.21 bits per heavy atom. The average Bonchev–Trinajstić information content (AvgIpc) is 2.81. The number of para-hydroxylation sites is 2. The van der Waals surface area contributed by atoms with Gasteiger partial charge in [-0.3, -0.25) is 4.79 Å². The molecule has 0 unspecified atom stereocenters. The molecule has 0 atom stereocenters. The third-order valence-electron chi connectivity index (χ3n) is 4.10. The zero-order valence-corrected chi connectivity index (χ0v) is 15.1. The molecule has 0 bridgehead atoms. The number of benzene rings is 2. The van der Waals surface area contributed by atoms with Crippen LogP contribution in [0.15, 0.2) is 54.6 Å². The summed E-state index contributed by atoms with van der Waals surface area (Å²) in [5.41, 5.74) is 8.31. The summed E-state index contributed by atoms with van der Waals surface area (Å²) in [6, 6.07) is 17.7. The van der Waals surface area contributed by atoms with Gasteiger partial charge in [0.15, 0.2) is 0 Å². The van der Waals surface area contributed by atoms with Crippen LogP contribution in [0.25, 0.3) is 0 Å². The molecule has 1 heterocycles. The van der Waals surface area contributed by atoms with Gasteiger partial charge in [-0.1, -0.05) is 30.3 Å². The second-order valence-corrected chi connectivity index (χ2v) is 5.56. The van der Waals surface area contributed by atoms with Crippen molar-refractivity contribution in [1.82, 2.24) is 4.90 Å². The number of carbonyl (C=O) groups is 1. The molecule has 6 heteroatoms. The molecule has 0 aliphatic carbocycles. The van der Waals surface area contributed by atoms with Crippen LogP contribution in [0.5, 0.6) is 0 Å². The van der Waals surface area contributed by atoms with E-state index in [9.17, 15) is 4.79 Å². The monoisotopic (exact) mass is 367 g/mol. The maximum atomic E-state index is 12.6. The predicted molar refractivity (Wildman–Crippen MR) is 105 cm³/mol. The maximum absolute atomic E-state index is 12.6. The van der Waals surface area contributed by atoms with Crippen molar-refractivity contribution in [3.05, 3.63) is 60.2 Å². The van der Waals surface area contributed by atoms with Gasteiger partial charge in [-0.05, 0) is 30.7 Å². The fraction of sp³-hybridized carbons (Fsp3) is 0.278. The van der Waals surface area contributed by atoms with Gasteiger partial charge in [0.2, 0.25) is 0 Å². The number of anilines is 2. The summed E-state index contributed by atoms with van der Waals surface area (Å²) in [5.74, 6) is 0.0352. The van der Waals surface area contributed by atoms with Crippen molar-refractivity contribution in [2.45, 2.75) is 6.42 Å². The van der Waals surface area contributed by atoms with Crippen molar-refractivity contribution in [3.63, 3.8) is 0 Å². The first kappa shape index (κ1) is 20.1. The van der Waals surface area contributed by atoms with Crippen LogP contribution in [0.2, 0.25) is 0 Å². The quantitative estimate of drug-likeness (QED) is 0.826. The Kier molecular flexibility index (Phi) is 7.89. The van der Waals surface area contributed by atoms with Crippen molar-refractivity contribution >= 4 is 42.1 Å². The Morgan fingerprint density at radius 1 is 0.833 bits per heavy atom. The molecule has 2 aromatic rings. The molecule has 1 amide bonds. The molecule has 0 saturated carbocycles. The van der Waals surface area contributed by atoms with Crippen molar-refractivity contribution in [3.8, 4) is 0 Å². The third-order valence-corrected chi connectivity index (χ3v) is 4.10. The van der Waals surface area contributed by atoms with Gasteiger partial charge < -0.3 is 15.5 Å². The highest BCUT2D eigenvalue weighted by Crippen LogP contribution is 2.18. The molecule has 1 aliphatic rings. The molecular formula is C18H23Cl2N3O. The molecule has 2 aromatic carbocycles. The van der Waals surface area contributed by atoms with Gasteiger partial charge in [0.1, 0.15) is 0 Å². The van der Waals surface area contributed by atoms with Crippen molar-refractivity contribution in [2.75, 3.05) is 36.8 Å². The van der Waals surface area contributed by atoms with Crippen molar-refractivity contribution < 1.29 is 4.79 Å². The first-order valence-electron chi connectivity index (χ1n) is 7.69. The van der Waals surface area contributed by atoms with Crippen LogP contribution in [0.1, 0.15) is 16.8 Å². The highest BCUT2D eigenvalue weighted by molar-refractivity contribution is 5.99. The van der Waals surface area contributed by atoms with E-state index in [-0.39, 0.29) is 30.7 Å². The van der Waals surface area contributed by atoms with E-state index in [1.54, 1.807) is 12.1 Å². The van der Waals surface area contributed by atoms with E-state index < -0.39 is 0 Å². The second-order valence-electron chi connectivity index (χ2n) is 5.56. The van der Waals surface area contributed by atoms with Crippen LogP contribution in [-0.4, -0.2) is 37.0 Å². The lowest BCUT2D eigenvalue weighted by atomic mass is 10.1. The Labute approximate surface area is 155 Å². The summed E-state index contributed by atoms with van der Waals surface area (Å²) in [7, 11) is 0. The maximum Gasteiger partial charge on any atom is 0.256 e. The third kappa shape index (κ3) is 4.56. The average molecular weight is 368 g/mol. The summed E-state index contributed by atoms with van der Waals surface area (Å²) in [5, 5.41) is 0. The minimum absolute atomic E-state index is 0. The van der Waals surface area contributed by atoms with Gasteiger partial charge in [-0.25, -0.2) is 0 Å². The van der Waals surface area contributed by atoms with E-state index in [0.29, 0.717) is 11.3 Å². The number of carbonyl (C=O) groups excluding carboxylic acids is 1. The lowest BCUT2D eigenvalue weighted by molar-refractivity contribution is 0.0768. The number of nitrogens with two attached hydrogens (primary N) is 1. The Morgan fingerprint density at radius 2 is 1.50 bits per heavy atom. The number of hydrogen-bond acceptors (Lipinski definition) is 3. The smallest absolute Gasteiger partial charge is 0.256 e. The molecule has 1 fully saturated rings. The second kappa shape index (κ2) is 9.40. The van der Waals surface area contributed by atoms with E-state index in [1.807, 2.05) is 35.2 Å². The zero-order chi connectivity index (χ0) is 15.4. The van der Waals surface area contributed by atoms with Crippen LogP contribution < -0.4 is 10.6 Å². The lowest BCUT2D eigenvalue weighted by Crippen LogP contribution is -2.35. The Hall–Kier alpha value is -1.91. The van der Waals surface area contributed by atoms with Crippen LogP contribution in [-0.2, 0) is 0 Å². The number of hydrogen-bond donors (Lipinski definition) is 1. The number of halogens is 2. The molecule has 4 nitrogen and oxygen atoms in total. The minimum atomic E-state index is 0. The topological polar surface area (TPSA) is 49.6 Å². The summed E-state index contributed by atoms with van der Waals surface area (Å²) >= 11 is 0. The summed E-state index contributed by atoms with van der Waals surface area (Å²) in [6.07, 6.45) is 0.966. The Balaban J connectivity index is 0.00000144. The number of nitrogen functional groups attached to an aromatic ring is 1. The molecule has 130 valence electrons. The zero-order valence-electron chi connectivity index (χ0n) is 13.4. The van der Waals surface area contributed by atoms with Crippen LogP contribution >= 0.6 is 24.8 Å². The van der Waals surface area contributed by atoms with Crippen LogP contribution in [0, 0.1) is 0 Å². The fourth-order valence-corrected chi connectivity index (χ4v) is 2.88. The number of amides is 1. The first-order valence-corrected chi connectivity index (χ1v) is 7.69. The van der Waals surface area contributed by atoms with Crippen LogP contribution in [0.4, 0.5) is 11.4 Å².